The monoisotopic (exact) mass is 156 g/mol. The summed E-state index contributed by atoms with van der Waals surface area (Å²) >= 11 is 0. The van der Waals surface area contributed by atoms with Gasteiger partial charge in [-0.15, -0.1) is 0 Å². The molecule has 0 atom stereocenters. The van der Waals surface area contributed by atoms with E-state index in [1.165, 1.54) is 0 Å². The van der Waals surface area contributed by atoms with Crippen molar-refractivity contribution in [3.05, 3.63) is 0 Å². The Bertz CT molecular complexity index is 131. The Morgan fingerprint density at radius 3 is 2.18 bits per heavy atom. The van der Waals surface area contributed by atoms with Crippen molar-refractivity contribution in [3.63, 3.8) is 0 Å². The van der Waals surface area contributed by atoms with Gasteiger partial charge in [0.05, 0.1) is 0 Å². The van der Waals surface area contributed by atoms with Gasteiger partial charge in [-0.2, -0.15) is 0 Å². The van der Waals surface area contributed by atoms with Crippen LogP contribution in [0.15, 0.2) is 0 Å². The van der Waals surface area contributed by atoms with Crippen LogP contribution in [-0.4, -0.2) is 31.0 Å². The minimum Gasteiger partial charge on any atom is -0.384 e. The molecule has 0 saturated heterocycles. The average Bonchev–Trinajstić information content (AvgIpc) is 2.01. The minimum absolute atomic E-state index is 0.0112. The first-order valence-corrected chi connectivity index (χ1v) is 3.91. The standard InChI is InChI=1S/C8H16N2O/c1-3-9-8(10-4-2)6-5-7-11/h8-11H,3-4,7H2,1-2H3. The van der Waals surface area contributed by atoms with Crippen LogP contribution in [0.2, 0.25) is 0 Å². The molecule has 0 rings (SSSR count). The molecule has 0 heterocycles. The highest BCUT2D eigenvalue weighted by Crippen LogP contribution is 1.73. The van der Waals surface area contributed by atoms with Crippen molar-refractivity contribution in [2.24, 2.45) is 0 Å². The molecule has 3 N–H and O–H groups in total. The highest BCUT2D eigenvalue weighted by molar-refractivity contribution is 5.06. The summed E-state index contributed by atoms with van der Waals surface area (Å²) in [6, 6.07) is 0. The van der Waals surface area contributed by atoms with Gasteiger partial charge >= 0.3 is 0 Å². The van der Waals surface area contributed by atoms with Crippen molar-refractivity contribution in [1.82, 2.24) is 10.6 Å². The first-order chi connectivity index (χ1) is 5.35. The molecule has 0 aliphatic heterocycles. The topological polar surface area (TPSA) is 44.3 Å². The highest BCUT2D eigenvalue weighted by Gasteiger charge is 1.96. The second kappa shape index (κ2) is 7.55. The molecule has 0 saturated carbocycles. The van der Waals surface area contributed by atoms with Crippen molar-refractivity contribution in [2.75, 3.05) is 19.7 Å². The lowest BCUT2D eigenvalue weighted by molar-refractivity contribution is 0.350. The zero-order valence-electron chi connectivity index (χ0n) is 7.15. The van der Waals surface area contributed by atoms with Crippen LogP contribution in [0.1, 0.15) is 13.8 Å². The van der Waals surface area contributed by atoms with E-state index in [0.717, 1.165) is 13.1 Å². The van der Waals surface area contributed by atoms with E-state index in [9.17, 15) is 0 Å². The van der Waals surface area contributed by atoms with Gasteiger partial charge in [-0.25, -0.2) is 0 Å². The molecule has 0 unspecified atom stereocenters. The molecular formula is C8H16N2O. The van der Waals surface area contributed by atoms with E-state index < -0.39 is 0 Å². The quantitative estimate of drug-likeness (QED) is 0.381. The lowest BCUT2D eigenvalue weighted by atomic mass is 10.4. The maximum Gasteiger partial charge on any atom is 0.121 e. The number of nitrogens with one attached hydrogen (secondary N) is 2. The van der Waals surface area contributed by atoms with Gasteiger partial charge in [0, 0.05) is 0 Å². The molecule has 3 heteroatoms. The van der Waals surface area contributed by atoms with Crippen LogP contribution in [0, 0.1) is 11.8 Å². The SMILES string of the molecule is CCNC(C#CCO)NCC. The van der Waals surface area contributed by atoms with Crippen LogP contribution in [0.25, 0.3) is 0 Å². The van der Waals surface area contributed by atoms with Crippen molar-refractivity contribution in [2.45, 2.75) is 20.0 Å². The zero-order valence-corrected chi connectivity index (χ0v) is 7.15. The van der Waals surface area contributed by atoms with Crippen LogP contribution < -0.4 is 10.6 Å². The van der Waals surface area contributed by atoms with Gasteiger partial charge in [0.15, 0.2) is 0 Å². The molecule has 0 bridgehead atoms. The van der Waals surface area contributed by atoms with E-state index in [0.29, 0.717) is 0 Å². The molecule has 0 aliphatic carbocycles. The third-order valence-corrected chi connectivity index (χ3v) is 1.14. The molecule has 64 valence electrons. The number of aliphatic hydroxyl groups is 1. The fraction of sp³-hybridized carbons (Fsp3) is 0.750. The van der Waals surface area contributed by atoms with Crippen LogP contribution in [0.3, 0.4) is 0 Å². The summed E-state index contributed by atoms with van der Waals surface area (Å²) in [5.41, 5.74) is 0. The lowest BCUT2D eigenvalue weighted by Crippen LogP contribution is -2.40. The molecule has 0 aromatic rings. The Morgan fingerprint density at radius 1 is 1.27 bits per heavy atom. The molecule has 11 heavy (non-hydrogen) atoms. The summed E-state index contributed by atoms with van der Waals surface area (Å²) in [5, 5.41) is 14.7. The number of aliphatic hydroxyl groups excluding tert-OH is 1. The first-order valence-electron chi connectivity index (χ1n) is 3.91. The predicted molar refractivity (Wildman–Crippen MR) is 46.0 cm³/mol. The third kappa shape index (κ3) is 5.86. The maximum atomic E-state index is 8.42. The summed E-state index contributed by atoms with van der Waals surface area (Å²) in [5.74, 6) is 5.45. The smallest absolute Gasteiger partial charge is 0.121 e. The second-order valence-corrected chi connectivity index (χ2v) is 2.03. The summed E-state index contributed by atoms with van der Waals surface area (Å²) < 4.78 is 0. The fourth-order valence-corrected chi connectivity index (χ4v) is 0.730. The van der Waals surface area contributed by atoms with E-state index in [2.05, 4.69) is 22.5 Å². The van der Waals surface area contributed by atoms with Crippen LogP contribution in [0.5, 0.6) is 0 Å². The van der Waals surface area contributed by atoms with Crippen LogP contribution in [0.4, 0.5) is 0 Å². The molecule has 0 spiro atoms. The predicted octanol–water partition coefficient (Wildman–Crippen LogP) is -0.473. The number of hydrogen-bond acceptors (Lipinski definition) is 3. The van der Waals surface area contributed by atoms with Crippen molar-refractivity contribution >= 4 is 0 Å². The Balaban J connectivity index is 3.68. The van der Waals surface area contributed by atoms with Crippen molar-refractivity contribution in [1.29, 1.82) is 0 Å². The Hall–Kier alpha value is -0.560. The molecule has 0 aromatic carbocycles. The van der Waals surface area contributed by atoms with Gasteiger partial charge in [-0.05, 0) is 13.1 Å². The molecule has 0 aromatic heterocycles. The fourth-order valence-electron chi connectivity index (χ4n) is 0.730. The average molecular weight is 156 g/mol. The first kappa shape index (κ1) is 10.4. The van der Waals surface area contributed by atoms with Gasteiger partial charge < -0.3 is 5.11 Å². The number of hydrogen-bond donors (Lipinski definition) is 3. The van der Waals surface area contributed by atoms with Crippen LogP contribution in [-0.2, 0) is 0 Å². The maximum absolute atomic E-state index is 8.42. The normalized spacial score (nSPS) is 9.45. The highest BCUT2D eigenvalue weighted by atomic mass is 16.2. The Labute approximate surface area is 68.2 Å². The van der Waals surface area contributed by atoms with Gasteiger partial charge in [-0.3, -0.25) is 10.6 Å². The van der Waals surface area contributed by atoms with Gasteiger partial charge in [0.2, 0.25) is 0 Å². The summed E-state index contributed by atoms with van der Waals surface area (Å²) in [7, 11) is 0. The number of rotatable bonds is 4. The Morgan fingerprint density at radius 2 is 1.82 bits per heavy atom. The van der Waals surface area contributed by atoms with E-state index in [-0.39, 0.29) is 12.8 Å². The van der Waals surface area contributed by atoms with Gasteiger partial charge in [0.25, 0.3) is 0 Å². The molecular weight excluding hydrogens is 140 g/mol. The van der Waals surface area contributed by atoms with E-state index in [1.807, 2.05) is 13.8 Å². The minimum atomic E-state index is -0.0761. The summed E-state index contributed by atoms with van der Waals surface area (Å²) in [6.07, 6.45) is 0.0112. The van der Waals surface area contributed by atoms with Crippen LogP contribution >= 0.6 is 0 Å². The van der Waals surface area contributed by atoms with E-state index in [4.69, 9.17) is 5.11 Å². The van der Waals surface area contributed by atoms with Gasteiger partial charge in [-0.1, -0.05) is 25.7 Å². The molecule has 0 radical (unpaired) electrons. The Kier molecular flexibility index (Phi) is 7.16. The van der Waals surface area contributed by atoms with E-state index in [1.54, 1.807) is 0 Å². The second-order valence-electron chi connectivity index (χ2n) is 2.03. The van der Waals surface area contributed by atoms with Gasteiger partial charge in [0.1, 0.15) is 12.8 Å². The third-order valence-electron chi connectivity index (χ3n) is 1.14. The van der Waals surface area contributed by atoms with E-state index >= 15 is 0 Å². The largest absolute Gasteiger partial charge is 0.384 e. The lowest BCUT2D eigenvalue weighted by Gasteiger charge is -2.11. The summed E-state index contributed by atoms with van der Waals surface area (Å²) in [6.45, 7) is 5.71. The molecule has 0 fully saturated rings. The molecule has 0 aliphatic rings. The molecule has 3 nitrogen and oxygen atoms in total. The molecule has 0 amide bonds. The van der Waals surface area contributed by atoms with Crippen molar-refractivity contribution < 1.29 is 5.11 Å². The van der Waals surface area contributed by atoms with Crippen molar-refractivity contribution in [3.8, 4) is 11.8 Å². The zero-order chi connectivity index (χ0) is 8.53. The summed E-state index contributed by atoms with van der Waals surface area (Å²) in [4.78, 5) is 0.